The van der Waals surface area contributed by atoms with Crippen LogP contribution in [0, 0.1) is 0 Å². The number of ether oxygens (including phenoxy) is 1. The highest BCUT2D eigenvalue weighted by atomic mass is 19.3. The van der Waals surface area contributed by atoms with Gasteiger partial charge in [-0.15, -0.1) is 0 Å². The van der Waals surface area contributed by atoms with Crippen LogP contribution in [-0.2, 0) is 10.7 Å². The van der Waals surface area contributed by atoms with Crippen LogP contribution in [0.15, 0.2) is 24.8 Å². The van der Waals surface area contributed by atoms with Gasteiger partial charge in [-0.3, -0.25) is 0 Å². The predicted molar refractivity (Wildman–Crippen MR) is 68.4 cm³/mol. The molecule has 0 amide bonds. The Kier molecular flexibility index (Phi) is 4.64. The van der Waals surface area contributed by atoms with Crippen molar-refractivity contribution in [1.82, 2.24) is 0 Å². The molecule has 0 aliphatic heterocycles. The Bertz CT molecular complexity index is 484. The van der Waals surface area contributed by atoms with Crippen LogP contribution in [0.4, 0.5) is 8.78 Å². The van der Waals surface area contributed by atoms with Gasteiger partial charge in [0.25, 0.3) is 5.92 Å². The zero-order valence-corrected chi connectivity index (χ0v) is 10.8. The highest BCUT2D eigenvalue weighted by molar-refractivity contribution is 5.72. The fraction of sp³-hybridized carbons (Fsp3) is 0.357. The Morgan fingerprint density at radius 1 is 1.58 bits per heavy atom. The van der Waals surface area contributed by atoms with Gasteiger partial charge >= 0.3 is 5.97 Å². The molecule has 0 fully saturated rings. The van der Waals surface area contributed by atoms with Crippen LogP contribution < -0.4 is 4.74 Å². The molecule has 0 heterocycles. The summed E-state index contributed by atoms with van der Waals surface area (Å²) in [6.45, 7) is 6.20. The third kappa shape index (κ3) is 3.53. The summed E-state index contributed by atoms with van der Waals surface area (Å²) in [5.74, 6) is -4.06. The SMILES string of the molecule is C=Cc1ccc(O[C@@H](C)C(=O)O)cc1C(F)(F)CC. The third-order valence-electron chi connectivity index (χ3n) is 2.74. The Labute approximate surface area is 110 Å². The number of rotatable bonds is 6. The van der Waals surface area contributed by atoms with Crippen LogP contribution in [0.2, 0.25) is 0 Å². The lowest BCUT2D eigenvalue weighted by atomic mass is 9.99. The fourth-order valence-electron chi connectivity index (χ4n) is 1.55. The number of carboxylic acids is 1. The topological polar surface area (TPSA) is 46.5 Å². The Balaban J connectivity index is 3.15. The van der Waals surface area contributed by atoms with E-state index in [1.54, 1.807) is 0 Å². The van der Waals surface area contributed by atoms with Gasteiger partial charge in [0.05, 0.1) is 0 Å². The third-order valence-corrected chi connectivity index (χ3v) is 2.74. The van der Waals surface area contributed by atoms with Crippen LogP contribution in [0.5, 0.6) is 5.75 Å². The van der Waals surface area contributed by atoms with Crippen LogP contribution in [0.25, 0.3) is 6.08 Å². The molecule has 1 atom stereocenters. The summed E-state index contributed by atoms with van der Waals surface area (Å²) in [7, 11) is 0. The number of carboxylic acid groups (broad SMARTS) is 1. The first kappa shape index (κ1) is 15.1. The number of hydrogen-bond donors (Lipinski definition) is 1. The molecule has 0 aromatic heterocycles. The van der Waals surface area contributed by atoms with Gasteiger partial charge in [0, 0.05) is 12.0 Å². The van der Waals surface area contributed by atoms with Crippen molar-refractivity contribution in [3.63, 3.8) is 0 Å². The van der Waals surface area contributed by atoms with Gasteiger partial charge in [-0.25, -0.2) is 13.6 Å². The minimum atomic E-state index is -3.00. The second-order valence-electron chi connectivity index (χ2n) is 4.11. The lowest BCUT2D eigenvalue weighted by Crippen LogP contribution is -2.23. The fourth-order valence-corrected chi connectivity index (χ4v) is 1.55. The van der Waals surface area contributed by atoms with Gasteiger partial charge < -0.3 is 9.84 Å². The molecular weight excluding hydrogens is 254 g/mol. The van der Waals surface area contributed by atoms with Crippen LogP contribution in [0.1, 0.15) is 31.4 Å². The number of aliphatic carboxylic acids is 1. The average molecular weight is 270 g/mol. The summed E-state index contributed by atoms with van der Waals surface area (Å²) in [5.41, 5.74) is 0.0993. The first-order chi connectivity index (χ1) is 8.81. The molecule has 0 spiro atoms. The second-order valence-corrected chi connectivity index (χ2v) is 4.11. The van der Waals surface area contributed by atoms with Crippen LogP contribution in [0.3, 0.4) is 0 Å². The highest BCUT2D eigenvalue weighted by Crippen LogP contribution is 2.36. The maximum absolute atomic E-state index is 13.8. The number of benzene rings is 1. The van der Waals surface area contributed by atoms with Gasteiger partial charge in [0.1, 0.15) is 5.75 Å². The van der Waals surface area contributed by atoms with Gasteiger partial charge in [-0.2, -0.15) is 0 Å². The molecule has 1 aromatic carbocycles. The zero-order chi connectivity index (χ0) is 14.6. The molecular formula is C14H16F2O3. The molecule has 5 heteroatoms. The first-order valence-corrected chi connectivity index (χ1v) is 5.86. The Hall–Kier alpha value is -1.91. The number of carbonyl (C=O) groups is 1. The van der Waals surface area contributed by atoms with Crippen molar-refractivity contribution in [2.45, 2.75) is 32.3 Å². The zero-order valence-electron chi connectivity index (χ0n) is 10.8. The van der Waals surface area contributed by atoms with Crippen molar-refractivity contribution in [1.29, 1.82) is 0 Å². The summed E-state index contributed by atoms with van der Waals surface area (Å²) < 4.78 is 32.7. The second kappa shape index (κ2) is 5.82. The predicted octanol–water partition coefficient (Wildman–Crippen LogP) is 3.68. The summed E-state index contributed by atoms with van der Waals surface area (Å²) in [4.78, 5) is 10.7. The first-order valence-electron chi connectivity index (χ1n) is 5.86. The largest absolute Gasteiger partial charge is 0.479 e. The molecule has 1 rings (SSSR count). The van der Waals surface area contributed by atoms with E-state index in [2.05, 4.69) is 6.58 Å². The molecule has 0 bridgehead atoms. The van der Waals surface area contributed by atoms with Gasteiger partial charge in [0.2, 0.25) is 0 Å². The molecule has 0 saturated carbocycles. The standard InChI is InChI=1S/C14H16F2O3/c1-4-10-6-7-11(19-9(3)13(17)18)8-12(10)14(15,16)5-2/h4,6-9H,1,5H2,2-3H3,(H,17,18)/t9-/m0/s1. The van der Waals surface area contributed by atoms with Crippen molar-refractivity contribution in [3.05, 3.63) is 35.9 Å². The van der Waals surface area contributed by atoms with Crippen molar-refractivity contribution in [2.24, 2.45) is 0 Å². The molecule has 104 valence electrons. The van der Waals surface area contributed by atoms with Crippen molar-refractivity contribution < 1.29 is 23.4 Å². The molecule has 19 heavy (non-hydrogen) atoms. The lowest BCUT2D eigenvalue weighted by Gasteiger charge is -2.19. The highest BCUT2D eigenvalue weighted by Gasteiger charge is 2.31. The molecule has 0 unspecified atom stereocenters. The Morgan fingerprint density at radius 2 is 2.21 bits per heavy atom. The molecule has 1 aromatic rings. The van der Waals surface area contributed by atoms with Gasteiger partial charge in [-0.05, 0) is 24.6 Å². The van der Waals surface area contributed by atoms with E-state index in [0.29, 0.717) is 5.56 Å². The maximum Gasteiger partial charge on any atom is 0.344 e. The molecule has 1 N–H and O–H groups in total. The van der Waals surface area contributed by atoms with Crippen molar-refractivity contribution in [3.8, 4) is 5.75 Å². The van der Waals surface area contributed by atoms with E-state index in [1.165, 1.54) is 38.1 Å². The molecule has 0 saturated heterocycles. The Morgan fingerprint density at radius 3 is 2.68 bits per heavy atom. The van der Waals surface area contributed by atoms with Crippen LogP contribution >= 0.6 is 0 Å². The van der Waals surface area contributed by atoms with Gasteiger partial charge in [-0.1, -0.05) is 25.6 Å². The van der Waals surface area contributed by atoms with E-state index in [9.17, 15) is 13.6 Å². The molecule has 0 aliphatic carbocycles. The van der Waals surface area contributed by atoms with Crippen molar-refractivity contribution >= 4 is 12.0 Å². The summed E-state index contributed by atoms with van der Waals surface area (Å²) >= 11 is 0. The number of hydrogen-bond acceptors (Lipinski definition) is 2. The monoisotopic (exact) mass is 270 g/mol. The summed E-state index contributed by atoms with van der Waals surface area (Å²) in [5, 5.41) is 8.73. The summed E-state index contributed by atoms with van der Waals surface area (Å²) in [6.07, 6.45) is -0.118. The smallest absolute Gasteiger partial charge is 0.344 e. The maximum atomic E-state index is 13.8. The quantitative estimate of drug-likeness (QED) is 0.857. The van der Waals surface area contributed by atoms with E-state index < -0.39 is 18.0 Å². The average Bonchev–Trinajstić information content (AvgIpc) is 2.38. The normalized spacial score (nSPS) is 12.8. The molecule has 0 radical (unpaired) electrons. The minimum Gasteiger partial charge on any atom is -0.479 e. The van der Waals surface area contributed by atoms with Gasteiger partial charge in [0.15, 0.2) is 6.10 Å². The van der Waals surface area contributed by atoms with E-state index in [1.807, 2.05) is 0 Å². The minimum absolute atomic E-state index is 0.101. The number of halogens is 2. The number of alkyl halides is 2. The van der Waals surface area contributed by atoms with Crippen LogP contribution in [-0.4, -0.2) is 17.2 Å². The molecule has 0 aliphatic rings. The lowest BCUT2D eigenvalue weighted by molar-refractivity contribution is -0.144. The summed E-state index contributed by atoms with van der Waals surface area (Å²) in [6, 6.07) is 4.06. The van der Waals surface area contributed by atoms with E-state index in [-0.39, 0.29) is 17.7 Å². The van der Waals surface area contributed by atoms with Crippen molar-refractivity contribution in [2.75, 3.05) is 0 Å². The van der Waals surface area contributed by atoms with E-state index >= 15 is 0 Å². The van der Waals surface area contributed by atoms with E-state index in [4.69, 9.17) is 9.84 Å². The molecule has 3 nitrogen and oxygen atoms in total. The van der Waals surface area contributed by atoms with E-state index in [0.717, 1.165) is 0 Å².